The number of hydrogen-bond donors (Lipinski definition) is 1. The first kappa shape index (κ1) is 17.5. The Bertz CT molecular complexity index is 919. The predicted octanol–water partition coefficient (Wildman–Crippen LogP) is 2.92. The molecule has 1 N–H and O–H groups in total. The van der Waals surface area contributed by atoms with Gasteiger partial charge in [0.05, 0.1) is 12.6 Å². The fourth-order valence-electron chi connectivity index (χ4n) is 3.60. The average Bonchev–Trinajstić information content (AvgIpc) is 3.00. The fourth-order valence-corrected chi connectivity index (χ4v) is 3.60. The van der Waals surface area contributed by atoms with Crippen LogP contribution < -0.4 is 4.74 Å². The highest BCUT2D eigenvalue weighted by Crippen LogP contribution is 2.19. The molecule has 6 heteroatoms. The summed E-state index contributed by atoms with van der Waals surface area (Å²) >= 11 is 0. The lowest BCUT2D eigenvalue weighted by Gasteiger charge is -2.21. The van der Waals surface area contributed by atoms with Gasteiger partial charge in [0.2, 0.25) is 0 Å². The van der Waals surface area contributed by atoms with Gasteiger partial charge in [-0.3, -0.25) is 14.8 Å². The quantitative estimate of drug-likeness (QED) is 0.773. The number of nitrogens with one attached hydrogen (secondary N) is 1. The van der Waals surface area contributed by atoms with Crippen LogP contribution in [0.1, 0.15) is 22.5 Å². The molecule has 1 aliphatic heterocycles. The van der Waals surface area contributed by atoms with Crippen molar-refractivity contribution >= 4 is 16.8 Å². The number of rotatable bonds is 4. The van der Waals surface area contributed by atoms with Crippen LogP contribution in [0.4, 0.5) is 0 Å². The van der Waals surface area contributed by atoms with Gasteiger partial charge in [0.15, 0.2) is 5.69 Å². The van der Waals surface area contributed by atoms with Crippen molar-refractivity contribution in [2.24, 2.45) is 0 Å². The minimum absolute atomic E-state index is 0.0127. The molecule has 4 rings (SSSR count). The van der Waals surface area contributed by atoms with E-state index < -0.39 is 0 Å². The van der Waals surface area contributed by atoms with E-state index in [4.69, 9.17) is 4.74 Å². The van der Waals surface area contributed by atoms with Crippen LogP contribution in [-0.4, -0.2) is 59.2 Å². The zero-order valence-electron chi connectivity index (χ0n) is 15.5. The van der Waals surface area contributed by atoms with Crippen molar-refractivity contribution < 1.29 is 9.53 Å². The molecule has 0 aliphatic carbocycles. The number of para-hydroxylation sites is 1. The SMILES string of the molecule is COc1ccc(CN2CCCN(C(=O)c3n[nH]c4ccccc34)CC2)cc1. The Kier molecular flexibility index (Phi) is 5.07. The van der Waals surface area contributed by atoms with Gasteiger partial charge in [0.25, 0.3) is 5.91 Å². The molecule has 0 saturated carbocycles. The first-order chi connectivity index (χ1) is 13.2. The summed E-state index contributed by atoms with van der Waals surface area (Å²) < 4.78 is 5.22. The molecule has 0 radical (unpaired) electrons. The van der Waals surface area contributed by atoms with E-state index in [0.717, 1.165) is 55.8 Å². The Labute approximate surface area is 158 Å². The summed E-state index contributed by atoms with van der Waals surface area (Å²) in [5, 5.41) is 8.11. The molecule has 2 aromatic carbocycles. The zero-order chi connectivity index (χ0) is 18.6. The lowest BCUT2D eigenvalue weighted by atomic mass is 10.2. The highest BCUT2D eigenvalue weighted by Gasteiger charge is 2.23. The lowest BCUT2D eigenvalue weighted by Crippen LogP contribution is -2.35. The summed E-state index contributed by atoms with van der Waals surface area (Å²) in [5.74, 6) is 0.886. The number of amides is 1. The van der Waals surface area contributed by atoms with Crippen LogP contribution in [0.2, 0.25) is 0 Å². The maximum absolute atomic E-state index is 13.0. The number of fused-ring (bicyclic) bond motifs is 1. The summed E-state index contributed by atoms with van der Waals surface area (Å²) in [6.45, 7) is 4.21. The van der Waals surface area contributed by atoms with E-state index >= 15 is 0 Å². The zero-order valence-corrected chi connectivity index (χ0v) is 15.5. The Morgan fingerprint density at radius 1 is 1.07 bits per heavy atom. The summed E-state index contributed by atoms with van der Waals surface area (Å²) in [4.78, 5) is 17.3. The van der Waals surface area contributed by atoms with E-state index in [0.29, 0.717) is 5.69 Å². The number of benzene rings is 2. The van der Waals surface area contributed by atoms with Crippen molar-refractivity contribution in [3.63, 3.8) is 0 Å². The molecular formula is C21H24N4O2. The molecule has 3 aromatic rings. The molecule has 0 unspecified atom stereocenters. The maximum Gasteiger partial charge on any atom is 0.275 e. The Hall–Kier alpha value is -2.86. The fraction of sp³-hybridized carbons (Fsp3) is 0.333. The molecule has 6 nitrogen and oxygen atoms in total. The van der Waals surface area contributed by atoms with Gasteiger partial charge in [0, 0.05) is 38.1 Å². The minimum atomic E-state index is 0.0127. The van der Waals surface area contributed by atoms with E-state index in [1.165, 1.54) is 5.56 Å². The summed E-state index contributed by atoms with van der Waals surface area (Å²) in [7, 11) is 1.68. The van der Waals surface area contributed by atoms with Crippen molar-refractivity contribution in [1.29, 1.82) is 0 Å². The number of aromatic amines is 1. The van der Waals surface area contributed by atoms with Crippen LogP contribution in [-0.2, 0) is 6.54 Å². The van der Waals surface area contributed by atoms with Crippen molar-refractivity contribution in [3.05, 3.63) is 59.8 Å². The molecule has 0 atom stereocenters. The van der Waals surface area contributed by atoms with Crippen molar-refractivity contribution in [2.45, 2.75) is 13.0 Å². The Morgan fingerprint density at radius 3 is 2.70 bits per heavy atom. The first-order valence-corrected chi connectivity index (χ1v) is 9.32. The molecule has 1 aromatic heterocycles. The Morgan fingerprint density at radius 2 is 1.89 bits per heavy atom. The number of carbonyl (C=O) groups excluding carboxylic acids is 1. The highest BCUT2D eigenvalue weighted by molar-refractivity contribution is 6.04. The second-order valence-corrected chi connectivity index (χ2v) is 6.89. The predicted molar refractivity (Wildman–Crippen MR) is 105 cm³/mol. The summed E-state index contributed by atoms with van der Waals surface area (Å²) in [6.07, 6.45) is 0.963. The number of ether oxygens (including phenoxy) is 1. The molecule has 1 amide bonds. The third-order valence-electron chi connectivity index (χ3n) is 5.11. The molecule has 1 aliphatic rings. The second kappa shape index (κ2) is 7.80. The largest absolute Gasteiger partial charge is 0.497 e. The molecule has 1 fully saturated rings. The smallest absolute Gasteiger partial charge is 0.275 e. The maximum atomic E-state index is 13.0. The number of carbonyl (C=O) groups is 1. The average molecular weight is 364 g/mol. The Balaban J connectivity index is 1.41. The van der Waals surface area contributed by atoms with Crippen LogP contribution in [0.25, 0.3) is 10.9 Å². The summed E-state index contributed by atoms with van der Waals surface area (Å²) in [5.41, 5.74) is 2.68. The third-order valence-corrected chi connectivity index (χ3v) is 5.11. The lowest BCUT2D eigenvalue weighted by molar-refractivity contribution is 0.0757. The first-order valence-electron chi connectivity index (χ1n) is 9.32. The molecule has 0 bridgehead atoms. The van der Waals surface area contributed by atoms with Crippen molar-refractivity contribution in [3.8, 4) is 5.75 Å². The molecule has 2 heterocycles. The van der Waals surface area contributed by atoms with Gasteiger partial charge >= 0.3 is 0 Å². The van der Waals surface area contributed by atoms with Crippen LogP contribution in [0.5, 0.6) is 5.75 Å². The molecular weight excluding hydrogens is 340 g/mol. The van der Waals surface area contributed by atoms with E-state index in [2.05, 4.69) is 27.2 Å². The van der Waals surface area contributed by atoms with Gasteiger partial charge in [0.1, 0.15) is 5.75 Å². The number of H-pyrrole nitrogens is 1. The monoisotopic (exact) mass is 364 g/mol. The van der Waals surface area contributed by atoms with Gasteiger partial charge in [-0.2, -0.15) is 5.10 Å². The number of nitrogens with zero attached hydrogens (tertiary/aromatic N) is 3. The molecule has 1 saturated heterocycles. The molecule has 27 heavy (non-hydrogen) atoms. The standard InChI is InChI=1S/C21H24N4O2/c1-27-17-9-7-16(8-10-17)15-24-11-4-12-25(14-13-24)21(26)20-18-5-2-3-6-19(18)22-23-20/h2-3,5-10H,4,11-15H2,1H3,(H,22,23). The minimum Gasteiger partial charge on any atom is -0.497 e. The van der Waals surface area contributed by atoms with Gasteiger partial charge < -0.3 is 9.64 Å². The van der Waals surface area contributed by atoms with Crippen molar-refractivity contribution in [1.82, 2.24) is 20.0 Å². The van der Waals surface area contributed by atoms with Crippen LogP contribution in [0.15, 0.2) is 48.5 Å². The van der Waals surface area contributed by atoms with Gasteiger partial charge in [-0.15, -0.1) is 0 Å². The molecule has 0 spiro atoms. The van der Waals surface area contributed by atoms with E-state index in [1.807, 2.05) is 41.3 Å². The normalized spacial score (nSPS) is 15.7. The number of hydrogen-bond acceptors (Lipinski definition) is 4. The van der Waals surface area contributed by atoms with E-state index in [1.54, 1.807) is 7.11 Å². The van der Waals surface area contributed by atoms with Crippen molar-refractivity contribution in [2.75, 3.05) is 33.3 Å². The summed E-state index contributed by atoms with van der Waals surface area (Å²) in [6, 6.07) is 16.0. The number of aromatic nitrogens is 2. The van der Waals surface area contributed by atoms with E-state index in [-0.39, 0.29) is 5.91 Å². The highest BCUT2D eigenvalue weighted by atomic mass is 16.5. The van der Waals surface area contributed by atoms with Crippen LogP contribution in [0, 0.1) is 0 Å². The second-order valence-electron chi connectivity index (χ2n) is 6.89. The molecule has 140 valence electrons. The van der Waals surface area contributed by atoms with Gasteiger partial charge in [-0.05, 0) is 30.2 Å². The van der Waals surface area contributed by atoms with Crippen LogP contribution in [0.3, 0.4) is 0 Å². The topological polar surface area (TPSA) is 61.5 Å². The van der Waals surface area contributed by atoms with Gasteiger partial charge in [-0.25, -0.2) is 0 Å². The van der Waals surface area contributed by atoms with E-state index in [9.17, 15) is 4.79 Å². The van der Waals surface area contributed by atoms with Crippen LogP contribution >= 0.6 is 0 Å². The third kappa shape index (κ3) is 3.80. The van der Waals surface area contributed by atoms with Gasteiger partial charge in [-0.1, -0.05) is 30.3 Å². The number of methoxy groups -OCH3 is 1.